The van der Waals surface area contributed by atoms with E-state index < -0.39 is 0 Å². The van der Waals surface area contributed by atoms with Crippen LogP contribution in [0, 0.1) is 11.8 Å². The lowest BCUT2D eigenvalue weighted by molar-refractivity contribution is -0.130. The SMILES string of the molecule is CC(=O)N1CC(C)CCN(C)CCCN(C)CCC(C)C1. The van der Waals surface area contributed by atoms with Gasteiger partial charge in [0.2, 0.25) is 5.91 Å². The van der Waals surface area contributed by atoms with Gasteiger partial charge in [-0.05, 0) is 71.4 Å². The lowest BCUT2D eigenvalue weighted by Crippen LogP contribution is -2.38. The number of nitrogens with zero attached hydrogens (tertiary/aromatic N) is 3. The average Bonchev–Trinajstić information content (AvgIpc) is 2.41. The van der Waals surface area contributed by atoms with E-state index in [0.29, 0.717) is 11.8 Å². The molecule has 0 spiro atoms. The van der Waals surface area contributed by atoms with E-state index in [1.807, 2.05) is 0 Å². The standard InChI is InChI=1S/C17H35N3O/c1-15-7-11-18(4)9-6-10-19(5)12-8-16(2)14-20(13-15)17(3)21/h15-16H,6-14H2,1-5H3. The zero-order chi connectivity index (χ0) is 15.8. The number of amides is 1. The fraction of sp³-hybridized carbons (Fsp3) is 0.941. The van der Waals surface area contributed by atoms with Crippen LogP contribution in [0.25, 0.3) is 0 Å². The van der Waals surface area contributed by atoms with E-state index in [0.717, 1.165) is 26.2 Å². The second-order valence-electron chi connectivity index (χ2n) is 7.17. The molecule has 0 N–H and O–H groups in total. The molecule has 0 saturated carbocycles. The smallest absolute Gasteiger partial charge is 0.219 e. The Kier molecular flexibility index (Phi) is 8.27. The summed E-state index contributed by atoms with van der Waals surface area (Å²) in [5, 5.41) is 0. The van der Waals surface area contributed by atoms with Crippen LogP contribution in [-0.2, 0) is 4.79 Å². The Balaban J connectivity index is 2.62. The third kappa shape index (κ3) is 7.82. The van der Waals surface area contributed by atoms with Gasteiger partial charge in [-0.2, -0.15) is 0 Å². The molecule has 0 bridgehead atoms. The molecule has 0 aromatic carbocycles. The largest absolute Gasteiger partial charge is 0.342 e. The second-order valence-corrected chi connectivity index (χ2v) is 7.17. The molecule has 124 valence electrons. The average molecular weight is 297 g/mol. The van der Waals surface area contributed by atoms with E-state index in [2.05, 4.69) is 42.6 Å². The van der Waals surface area contributed by atoms with Crippen molar-refractivity contribution >= 4 is 5.91 Å². The first-order chi connectivity index (χ1) is 9.88. The predicted octanol–water partition coefficient (Wildman–Crippen LogP) is 2.15. The Morgan fingerprint density at radius 2 is 1.29 bits per heavy atom. The quantitative estimate of drug-likeness (QED) is 0.685. The monoisotopic (exact) mass is 297 g/mol. The van der Waals surface area contributed by atoms with E-state index in [9.17, 15) is 4.79 Å². The van der Waals surface area contributed by atoms with Gasteiger partial charge in [0, 0.05) is 20.0 Å². The Bertz CT molecular complexity index is 286. The van der Waals surface area contributed by atoms with Crippen LogP contribution in [0.2, 0.25) is 0 Å². The van der Waals surface area contributed by atoms with Gasteiger partial charge in [0.15, 0.2) is 0 Å². The van der Waals surface area contributed by atoms with Crippen molar-refractivity contribution < 1.29 is 4.79 Å². The number of carbonyl (C=O) groups is 1. The first-order valence-corrected chi connectivity index (χ1v) is 8.51. The normalized spacial score (nSPS) is 29.1. The van der Waals surface area contributed by atoms with E-state index in [4.69, 9.17) is 0 Å². The molecule has 0 aromatic heterocycles. The molecule has 21 heavy (non-hydrogen) atoms. The van der Waals surface area contributed by atoms with Gasteiger partial charge in [0.05, 0.1) is 0 Å². The maximum absolute atomic E-state index is 11.9. The van der Waals surface area contributed by atoms with Gasteiger partial charge in [-0.1, -0.05) is 13.8 Å². The van der Waals surface area contributed by atoms with Gasteiger partial charge < -0.3 is 14.7 Å². The van der Waals surface area contributed by atoms with Gasteiger partial charge >= 0.3 is 0 Å². The molecular weight excluding hydrogens is 262 g/mol. The molecule has 1 aliphatic rings. The van der Waals surface area contributed by atoms with Crippen molar-refractivity contribution in [3.05, 3.63) is 0 Å². The highest BCUT2D eigenvalue weighted by molar-refractivity contribution is 5.73. The van der Waals surface area contributed by atoms with Crippen LogP contribution in [0.4, 0.5) is 0 Å². The fourth-order valence-corrected chi connectivity index (χ4v) is 2.98. The lowest BCUT2D eigenvalue weighted by atomic mass is 10.0. The molecule has 1 rings (SSSR count). The van der Waals surface area contributed by atoms with Gasteiger partial charge in [-0.15, -0.1) is 0 Å². The van der Waals surface area contributed by atoms with Gasteiger partial charge in [-0.3, -0.25) is 4.79 Å². The minimum atomic E-state index is 0.225. The summed E-state index contributed by atoms with van der Waals surface area (Å²) in [7, 11) is 4.42. The predicted molar refractivity (Wildman–Crippen MR) is 89.4 cm³/mol. The fourth-order valence-electron chi connectivity index (χ4n) is 2.98. The summed E-state index contributed by atoms with van der Waals surface area (Å²) in [5.41, 5.74) is 0. The molecular formula is C17H35N3O. The van der Waals surface area contributed by atoms with Gasteiger partial charge in [-0.25, -0.2) is 0 Å². The van der Waals surface area contributed by atoms with E-state index in [-0.39, 0.29) is 5.91 Å². The minimum Gasteiger partial charge on any atom is -0.342 e. The highest BCUT2D eigenvalue weighted by Crippen LogP contribution is 2.12. The maximum Gasteiger partial charge on any atom is 0.219 e. The first kappa shape index (κ1) is 18.4. The summed E-state index contributed by atoms with van der Waals surface area (Å²) in [6.45, 7) is 12.7. The van der Waals surface area contributed by atoms with Crippen molar-refractivity contribution in [2.24, 2.45) is 11.8 Å². The van der Waals surface area contributed by atoms with Crippen molar-refractivity contribution in [3.8, 4) is 0 Å². The van der Waals surface area contributed by atoms with E-state index >= 15 is 0 Å². The van der Waals surface area contributed by atoms with Crippen LogP contribution < -0.4 is 0 Å². The van der Waals surface area contributed by atoms with Crippen molar-refractivity contribution in [2.75, 3.05) is 53.4 Å². The van der Waals surface area contributed by atoms with Crippen LogP contribution >= 0.6 is 0 Å². The number of carbonyl (C=O) groups excluding carboxylic acids is 1. The highest BCUT2D eigenvalue weighted by atomic mass is 16.2. The van der Waals surface area contributed by atoms with Crippen molar-refractivity contribution in [3.63, 3.8) is 0 Å². The lowest BCUT2D eigenvalue weighted by Gasteiger charge is -2.30. The van der Waals surface area contributed by atoms with Crippen LogP contribution in [-0.4, -0.2) is 74.0 Å². The van der Waals surface area contributed by atoms with Crippen LogP contribution in [0.1, 0.15) is 40.0 Å². The van der Waals surface area contributed by atoms with Crippen LogP contribution in [0.5, 0.6) is 0 Å². The van der Waals surface area contributed by atoms with Crippen LogP contribution in [0.3, 0.4) is 0 Å². The van der Waals surface area contributed by atoms with Crippen LogP contribution in [0.15, 0.2) is 0 Å². The maximum atomic E-state index is 11.9. The summed E-state index contributed by atoms with van der Waals surface area (Å²) in [5.74, 6) is 1.38. The number of hydrogen-bond acceptors (Lipinski definition) is 3. The molecule has 1 amide bonds. The molecule has 4 heteroatoms. The van der Waals surface area contributed by atoms with Crippen molar-refractivity contribution in [1.82, 2.24) is 14.7 Å². The van der Waals surface area contributed by atoms with Crippen molar-refractivity contribution in [2.45, 2.75) is 40.0 Å². The van der Waals surface area contributed by atoms with Crippen molar-refractivity contribution in [1.29, 1.82) is 0 Å². The number of hydrogen-bond donors (Lipinski definition) is 0. The zero-order valence-corrected chi connectivity index (χ0v) is 14.8. The Hall–Kier alpha value is -0.610. The molecule has 1 aliphatic heterocycles. The second kappa shape index (κ2) is 9.42. The molecule has 0 aliphatic carbocycles. The summed E-state index contributed by atoms with van der Waals surface area (Å²) in [6, 6.07) is 0. The van der Waals surface area contributed by atoms with E-state index in [1.54, 1.807) is 6.92 Å². The third-order valence-electron chi connectivity index (χ3n) is 4.60. The Labute approximate surface area is 131 Å². The summed E-state index contributed by atoms with van der Waals surface area (Å²) in [4.78, 5) is 18.8. The summed E-state index contributed by atoms with van der Waals surface area (Å²) >= 11 is 0. The zero-order valence-electron chi connectivity index (χ0n) is 14.8. The Morgan fingerprint density at radius 3 is 1.67 bits per heavy atom. The van der Waals surface area contributed by atoms with Gasteiger partial charge in [0.25, 0.3) is 0 Å². The molecule has 1 saturated heterocycles. The molecule has 0 aromatic rings. The molecule has 2 atom stereocenters. The molecule has 1 heterocycles. The third-order valence-corrected chi connectivity index (χ3v) is 4.60. The molecule has 1 fully saturated rings. The van der Waals surface area contributed by atoms with Gasteiger partial charge in [0.1, 0.15) is 0 Å². The minimum absolute atomic E-state index is 0.225. The molecule has 2 unspecified atom stereocenters. The summed E-state index contributed by atoms with van der Waals surface area (Å²) < 4.78 is 0. The highest BCUT2D eigenvalue weighted by Gasteiger charge is 2.17. The molecule has 0 radical (unpaired) electrons. The Morgan fingerprint density at radius 1 is 0.857 bits per heavy atom. The summed E-state index contributed by atoms with van der Waals surface area (Å²) in [6.07, 6.45) is 3.59. The topological polar surface area (TPSA) is 26.8 Å². The molecule has 4 nitrogen and oxygen atoms in total. The van der Waals surface area contributed by atoms with E-state index in [1.165, 1.54) is 32.4 Å². The first-order valence-electron chi connectivity index (χ1n) is 8.51. The number of rotatable bonds is 0.